The van der Waals surface area contributed by atoms with E-state index < -0.39 is 11.4 Å². The number of aliphatic carboxylic acids is 1. The quantitative estimate of drug-likeness (QED) is 0.920. The Morgan fingerprint density at radius 1 is 1.33 bits per heavy atom. The lowest BCUT2D eigenvalue weighted by molar-refractivity contribution is -0.148. The number of para-hydroxylation sites is 1. The Hall–Kier alpha value is -1.42. The van der Waals surface area contributed by atoms with Crippen LogP contribution in [0.25, 0.3) is 10.2 Å². The summed E-state index contributed by atoms with van der Waals surface area (Å²) in [5.74, 6) is -0.653. The monoisotopic (exact) mass is 261 g/mol. The van der Waals surface area contributed by atoms with E-state index in [0.29, 0.717) is 6.42 Å². The first-order valence-corrected chi connectivity index (χ1v) is 7.09. The van der Waals surface area contributed by atoms with Gasteiger partial charge in [-0.2, -0.15) is 0 Å². The summed E-state index contributed by atoms with van der Waals surface area (Å²) in [6.07, 6.45) is 4.21. The highest BCUT2D eigenvalue weighted by Crippen LogP contribution is 2.42. The second-order valence-electron chi connectivity index (χ2n) is 5.04. The molecule has 18 heavy (non-hydrogen) atoms. The van der Waals surface area contributed by atoms with E-state index >= 15 is 0 Å². The molecule has 0 aliphatic heterocycles. The zero-order valence-corrected chi connectivity index (χ0v) is 10.9. The summed E-state index contributed by atoms with van der Waals surface area (Å²) in [5, 5.41) is 10.4. The summed E-state index contributed by atoms with van der Waals surface area (Å²) in [7, 11) is 0. The molecular formula is C14H15NO2S. The van der Waals surface area contributed by atoms with Crippen LogP contribution in [0.2, 0.25) is 0 Å². The van der Waals surface area contributed by atoms with Gasteiger partial charge in [-0.15, -0.1) is 11.3 Å². The fraction of sp³-hybridized carbons (Fsp3) is 0.429. The number of nitrogens with zero attached hydrogens (tertiary/aromatic N) is 1. The predicted octanol–water partition coefficient (Wildman–Crippen LogP) is 3.48. The molecule has 1 aliphatic carbocycles. The van der Waals surface area contributed by atoms with E-state index in [9.17, 15) is 9.90 Å². The number of hydrogen-bond acceptors (Lipinski definition) is 3. The van der Waals surface area contributed by atoms with Crippen LogP contribution in [-0.2, 0) is 11.2 Å². The molecule has 1 aliphatic rings. The average Bonchev–Trinajstić information content (AvgIpc) is 2.95. The first kappa shape index (κ1) is 11.7. The van der Waals surface area contributed by atoms with Crippen LogP contribution in [0.1, 0.15) is 30.7 Å². The largest absolute Gasteiger partial charge is 0.481 e. The van der Waals surface area contributed by atoms with Crippen molar-refractivity contribution in [2.45, 2.75) is 32.1 Å². The Labute approximate surface area is 109 Å². The fourth-order valence-electron chi connectivity index (χ4n) is 2.80. The Morgan fingerprint density at radius 2 is 2.06 bits per heavy atom. The van der Waals surface area contributed by atoms with E-state index in [2.05, 4.69) is 4.98 Å². The van der Waals surface area contributed by atoms with Gasteiger partial charge in [-0.3, -0.25) is 4.79 Å². The SMILES string of the molecule is O=C(O)C1(Cc2nc3ccccc3s2)CCCC1. The number of hydrogen-bond donors (Lipinski definition) is 1. The molecule has 1 fully saturated rings. The first-order chi connectivity index (χ1) is 8.70. The lowest BCUT2D eigenvalue weighted by Crippen LogP contribution is -2.30. The normalized spacial score (nSPS) is 18.2. The minimum atomic E-state index is -0.653. The predicted molar refractivity (Wildman–Crippen MR) is 71.9 cm³/mol. The molecule has 0 radical (unpaired) electrons. The van der Waals surface area contributed by atoms with Crippen LogP contribution in [0, 0.1) is 5.41 Å². The van der Waals surface area contributed by atoms with Crippen molar-refractivity contribution >= 4 is 27.5 Å². The number of carbonyl (C=O) groups is 1. The molecule has 1 saturated carbocycles. The molecule has 0 amide bonds. The molecular weight excluding hydrogens is 246 g/mol. The molecule has 4 heteroatoms. The molecule has 0 bridgehead atoms. The topological polar surface area (TPSA) is 50.2 Å². The molecule has 1 aromatic carbocycles. The van der Waals surface area contributed by atoms with Crippen LogP contribution in [-0.4, -0.2) is 16.1 Å². The first-order valence-electron chi connectivity index (χ1n) is 6.27. The maximum absolute atomic E-state index is 11.5. The van der Waals surface area contributed by atoms with Gasteiger partial charge in [0.15, 0.2) is 0 Å². The summed E-state index contributed by atoms with van der Waals surface area (Å²) in [6.45, 7) is 0. The minimum absolute atomic E-state index is 0.562. The second kappa shape index (κ2) is 4.35. The number of carboxylic acids is 1. The molecule has 2 aromatic rings. The van der Waals surface area contributed by atoms with Crippen molar-refractivity contribution in [3.63, 3.8) is 0 Å². The van der Waals surface area contributed by atoms with Crippen LogP contribution >= 0.6 is 11.3 Å². The summed E-state index contributed by atoms with van der Waals surface area (Å²) < 4.78 is 1.14. The highest BCUT2D eigenvalue weighted by atomic mass is 32.1. The third-order valence-corrected chi connectivity index (χ3v) is 4.88. The molecule has 3 nitrogen and oxygen atoms in total. The summed E-state index contributed by atoms with van der Waals surface area (Å²) in [5.41, 5.74) is 0.421. The van der Waals surface area contributed by atoms with Gasteiger partial charge in [0, 0.05) is 6.42 Å². The highest BCUT2D eigenvalue weighted by molar-refractivity contribution is 7.18. The highest BCUT2D eigenvalue weighted by Gasteiger charge is 2.42. The van der Waals surface area contributed by atoms with Gasteiger partial charge in [0.05, 0.1) is 20.6 Å². The Bertz CT molecular complexity index is 551. The van der Waals surface area contributed by atoms with E-state index in [1.807, 2.05) is 24.3 Å². The van der Waals surface area contributed by atoms with Crippen molar-refractivity contribution in [2.75, 3.05) is 0 Å². The van der Waals surface area contributed by atoms with Crippen LogP contribution in [0.15, 0.2) is 24.3 Å². The smallest absolute Gasteiger partial charge is 0.310 e. The fourth-order valence-corrected chi connectivity index (χ4v) is 3.91. The molecule has 3 rings (SSSR count). The summed E-state index contributed by atoms with van der Waals surface area (Å²) >= 11 is 1.63. The molecule has 1 aromatic heterocycles. The third-order valence-electron chi connectivity index (χ3n) is 3.84. The Morgan fingerprint density at radius 3 is 2.72 bits per heavy atom. The number of fused-ring (bicyclic) bond motifs is 1. The Kier molecular flexibility index (Phi) is 2.82. The molecule has 0 saturated heterocycles. The number of thiazole rings is 1. The van der Waals surface area contributed by atoms with Gasteiger partial charge in [-0.05, 0) is 25.0 Å². The zero-order valence-electron chi connectivity index (χ0n) is 10.1. The molecule has 1 N–H and O–H groups in total. The van der Waals surface area contributed by atoms with E-state index in [1.54, 1.807) is 11.3 Å². The number of aromatic nitrogens is 1. The van der Waals surface area contributed by atoms with Gasteiger partial charge in [-0.1, -0.05) is 25.0 Å². The van der Waals surface area contributed by atoms with Crippen LogP contribution < -0.4 is 0 Å². The maximum atomic E-state index is 11.5. The van der Waals surface area contributed by atoms with Crippen LogP contribution in [0.4, 0.5) is 0 Å². The Balaban J connectivity index is 1.93. The van der Waals surface area contributed by atoms with E-state index in [0.717, 1.165) is 40.9 Å². The zero-order chi connectivity index (χ0) is 12.6. The lowest BCUT2D eigenvalue weighted by Gasteiger charge is -2.21. The average molecular weight is 261 g/mol. The van der Waals surface area contributed by atoms with E-state index in [1.165, 1.54) is 0 Å². The molecule has 0 unspecified atom stereocenters. The standard InChI is InChI=1S/C14H15NO2S/c16-13(17)14(7-3-4-8-14)9-12-15-10-5-1-2-6-11(10)18-12/h1-2,5-6H,3-4,7-9H2,(H,16,17). The number of carboxylic acid groups (broad SMARTS) is 1. The summed E-state index contributed by atoms with van der Waals surface area (Å²) in [4.78, 5) is 16.1. The molecule has 0 atom stereocenters. The van der Waals surface area contributed by atoms with Crippen LogP contribution in [0.3, 0.4) is 0 Å². The van der Waals surface area contributed by atoms with Crippen LogP contribution in [0.5, 0.6) is 0 Å². The summed E-state index contributed by atoms with van der Waals surface area (Å²) in [6, 6.07) is 7.98. The van der Waals surface area contributed by atoms with Crippen molar-refractivity contribution in [1.82, 2.24) is 4.98 Å². The second-order valence-corrected chi connectivity index (χ2v) is 6.16. The van der Waals surface area contributed by atoms with Crippen molar-refractivity contribution in [3.05, 3.63) is 29.3 Å². The number of rotatable bonds is 3. The van der Waals surface area contributed by atoms with Gasteiger partial charge >= 0.3 is 5.97 Å². The van der Waals surface area contributed by atoms with Gasteiger partial charge in [0.25, 0.3) is 0 Å². The van der Waals surface area contributed by atoms with E-state index in [4.69, 9.17) is 0 Å². The molecule has 0 spiro atoms. The lowest BCUT2D eigenvalue weighted by atomic mass is 9.83. The molecule has 94 valence electrons. The molecule has 1 heterocycles. The van der Waals surface area contributed by atoms with Gasteiger partial charge in [0.1, 0.15) is 0 Å². The van der Waals surface area contributed by atoms with Crippen molar-refractivity contribution in [1.29, 1.82) is 0 Å². The van der Waals surface area contributed by atoms with Gasteiger partial charge in [-0.25, -0.2) is 4.98 Å². The van der Waals surface area contributed by atoms with Crippen molar-refractivity contribution in [3.8, 4) is 0 Å². The van der Waals surface area contributed by atoms with Gasteiger partial charge < -0.3 is 5.11 Å². The van der Waals surface area contributed by atoms with E-state index in [-0.39, 0.29) is 0 Å². The third kappa shape index (κ3) is 1.90. The maximum Gasteiger partial charge on any atom is 0.310 e. The number of benzene rings is 1. The van der Waals surface area contributed by atoms with Crippen molar-refractivity contribution in [2.24, 2.45) is 5.41 Å². The van der Waals surface area contributed by atoms with Gasteiger partial charge in [0.2, 0.25) is 0 Å². The minimum Gasteiger partial charge on any atom is -0.481 e. The van der Waals surface area contributed by atoms with Crippen molar-refractivity contribution < 1.29 is 9.90 Å².